The third-order valence-electron chi connectivity index (χ3n) is 13.9. The molecule has 2 unspecified atom stereocenters. The lowest BCUT2D eigenvalue weighted by molar-refractivity contribution is -0.521. The second kappa shape index (κ2) is 14.5. The van der Waals surface area contributed by atoms with Gasteiger partial charge >= 0.3 is 0 Å². The monoisotopic (exact) mass is 819 g/mol. The van der Waals surface area contributed by atoms with E-state index < -0.39 is 5.41 Å². The Bertz CT molecular complexity index is 3290. The van der Waals surface area contributed by atoms with Gasteiger partial charge < -0.3 is 4.90 Å². The van der Waals surface area contributed by atoms with Crippen LogP contribution in [-0.4, -0.2) is 21.6 Å². The van der Waals surface area contributed by atoms with Crippen molar-refractivity contribution >= 4 is 39.6 Å². The zero-order chi connectivity index (χ0) is 42.2. The second-order valence-corrected chi connectivity index (χ2v) is 17.3. The van der Waals surface area contributed by atoms with Crippen LogP contribution in [0.3, 0.4) is 0 Å². The van der Waals surface area contributed by atoms with Gasteiger partial charge in [0.05, 0.1) is 28.0 Å². The summed E-state index contributed by atoms with van der Waals surface area (Å²) < 4.78 is 2.41. The van der Waals surface area contributed by atoms with Gasteiger partial charge in [0.15, 0.2) is 0 Å². The number of nitrogens with zero attached hydrogens (tertiary/aromatic N) is 3. The first-order valence-corrected chi connectivity index (χ1v) is 22.3. The number of para-hydroxylation sites is 3. The molecule has 4 heterocycles. The number of amidine groups is 1. The molecule has 0 fully saturated rings. The Balaban J connectivity index is 0.902. The fraction of sp³-hybridized carbons (Fsp3) is 0.0667. The van der Waals surface area contributed by atoms with Gasteiger partial charge in [-0.2, -0.15) is 4.58 Å². The maximum atomic E-state index is 5.28. The van der Waals surface area contributed by atoms with Crippen molar-refractivity contribution in [2.45, 2.75) is 23.9 Å². The van der Waals surface area contributed by atoms with E-state index in [1.807, 2.05) is 6.20 Å². The highest BCUT2D eigenvalue weighted by Gasteiger charge is 2.53. The highest BCUT2D eigenvalue weighted by atomic mass is 15.3. The maximum absolute atomic E-state index is 5.28. The van der Waals surface area contributed by atoms with Crippen LogP contribution in [0.5, 0.6) is 0 Å². The summed E-state index contributed by atoms with van der Waals surface area (Å²) in [6, 6.07) is 70.7. The van der Waals surface area contributed by atoms with Crippen molar-refractivity contribution in [3.63, 3.8) is 0 Å². The average Bonchev–Trinajstić information content (AvgIpc) is 3.65. The van der Waals surface area contributed by atoms with Crippen LogP contribution in [0.2, 0.25) is 0 Å². The van der Waals surface area contributed by atoms with Crippen molar-refractivity contribution in [2.75, 3.05) is 4.90 Å². The summed E-state index contributed by atoms with van der Waals surface area (Å²) >= 11 is 0. The molecular formula is C60H43N4+. The minimum Gasteiger partial charge on any atom is -0.310 e. The number of aromatic nitrogens is 1. The molecule has 0 saturated carbocycles. The number of benzene rings is 7. The smallest absolute Gasteiger partial charge is 0.289 e. The minimum absolute atomic E-state index is 0.0700. The van der Waals surface area contributed by atoms with Gasteiger partial charge in [0.1, 0.15) is 6.20 Å². The molecular weight excluding hydrogens is 777 g/mol. The molecule has 302 valence electrons. The maximum Gasteiger partial charge on any atom is 0.289 e. The van der Waals surface area contributed by atoms with Crippen LogP contribution in [0.4, 0.5) is 17.1 Å². The van der Waals surface area contributed by atoms with Gasteiger partial charge in [-0.05, 0) is 105 Å². The van der Waals surface area contributed by atoms with Crippen molar-refractivity contribution in [1.82, 2.24) is 10.3 Å². The molecule has 13 rings (SSSR count). The topological polar surface area (TPSA) is 31.2 Å². The SMILES string of the molecule is C1=CC(c2cccc(C3=[N+]4C=C(c5ccccc5)C=C(c5ccccc5)C4N3)c2)=CC(c2ccc3c(c2)C2(c4ccccc4N(c4ccccc4)c4ccccc42)c2ncccc2-3)C1. The summed E-state index contributed by atoms with van der Waals surface area (Å²) in [5, 5.41) is 3.85. The summed E-state index contributed by atoms with van der Waals surface area (Å²) in [6.45, 7) is 0. The Morgan fingerprint density at radius 1 is 0.562 bits per heavy atom. The van der Waals surface area contributed by atoms with Crippen LogP contribution in [0.1, 0.15) is 62.5 Å². The number of anilines is 3. The quantitative estimate of drug-likeness (QED) is 0.170. The molecule has 0 saturated heterocycles. The lowest BCUT2D eigenvalue weighted by Crippen LogP contribution is -2.58. The van der Waals surface area contributed by atoms with E-state index in [9.17, 15) is 0 Å². The van der Waals surface area contributed by atoms with Crippen LogP contribution in [-0.2, 0) is 5.41 Å². The highest BCUT2D eigenvalue weighted by molar-refractivity contribution is 6.02. The van der Waals surface area contributed by atoms with Crippen LogP contribution in [0.15, 0.2) is 231 Å². The second-order valence-electron chi connectivity index (χ2n) is 17.3. The minimum atomic E-state index is -0.588. The zero-order valence-electron chi connectivity index (χ0n) is 35.1. The summed E-state index contributed by atoms with van der Waals surface area (Å²) in [4.78, 5) is 7.71. The van der Waals surface area contributed by atoms with Gasteiger partial charge in [0, 0.05) is 34.5 Å². The number of hydrogen-bond acceptors (Lipinski definition) is 3. The normalized spacial score (nSPS) is 18.3. The number of hydrogen-bond donors (Lipinski definition) is 1. The van der Waals surface area contributed by atoms with Crippen molar-refractivity contribution in [3.8, 4) is 11.1 Å². The van der Waals surface area contributed by atoms with Gasteiger partial charge in [0.25, 0.3) is 12.0 Å². The Labute approximate surface area is 373 Å². The summed E-state index contributed by atoms with van der Waals surface area (Å²) in [7, 11) is 0. The van der Waals surface area contributed by atoms with E-state index in [4.69, 9.17) is 4.98 Å². The van der Waals surface area contributed by atoms with Crippen LogP contribution >= 0.6 is 0 Å². The molecule has 0 bridgehead atoms. The largest absolute Gasteiger partial charge is 0.310 e. The molecule has 2 atom stereocenters. The molecule has 8 aromatic rings. The predicted molar refractivity (Wildman–Crippen MR) is 261 cm³/mol. The molecule has 1 aromatic heterocycles. The van der Waals surface area contributed by atoms with Gasteiger partial charge in [-0.15, -0.1) is 0 Å². The van der Waals surface area contributed by atoms with Gasteiger partial charge in [-0.3, -0.25) is 4.98 Å². The van der Waals surface area contributed by atoms with E-state index in [2.05, 4.69) is 239 Å². The molecule has 5 aliphatic rings. The van der Waals surface area contributed by atoms with E-state index in [1.165, 1.54) is 83.7 Å². The Morgan fingerprint density at radius 3 is 2.00 bits per heavy atom. The van der Waals surface area contributed by atoms with Crippen molar-refractivity contribution < 1.29 is 4.58 Å². The van der Waals surface area contributed by atoms with Crippen LogP contribution in [0.25, 0.3) is 27.8 Å². The fourth-order valence-corrected chi connectivity index (χ4v) is 11.0. The zero-order valence-corrected chi connectivity index (χ0v) is 35.1. The molecule has 3 aliphatic heterocycles. The van der Waals surface area contributed by atoms with Crippen molar-refractivity contribution in [2.24, 2.45) is 0 Å². The number of allylic oxidation sites excluding steroid dienone is 6. The number of fused-ring (bicyclic) bond motifs is 10. The number of nitrogens with one attached hydrogen (secondary N) is 1. The molecule has 1 spiro atoms. The highest BCUT2D eigenvalue weighted by Crippen LogP contribution is 2.63. The average molecular weight is 820 g/mol. The van der Waals surface area contributed by atoms with E-state index in [1.54, 1.807) is 0 Å². The molecule has 1 N–H and O–H groups in total. The van der Waals surface area contributed by atoms with E-state index >= 15 is 0 Å². The van der Waals surface area contributed by atoms with Crippen molar-refractivity contribution in [1.29, 1.82) is 0 Å². The lowest BCUT2D eigenvalue weighted by atomic mass is 9.65. The lowest BCUT2D eigenvalue weighted by Gasteiger charge is -2.44. The molecule has 0 amide bonds. The van der Waals surface area contributed by atoms with Crippen molar-refractivity contribution in [3.05, 3.63) is 281 Å². The number of rotatable bonds is 6. The first kappa shape index (κ1) is 36.6. The van der Waals surface area contributed by atoms with Crippen LogP contribution in [0, 0.1) is 0 Å². The Morgan fingerprint density at radius 2 is 1.23 bits per heavy atom. The standard InChI is InChI=1S/C60H42N4/c1-4-17-40(18-5-1)47-37-51(41-19-6-2-7-20-41)59-62-58(63(59)39-47)46-24-15-23-44(36-46)42-21-14-22-43(35-42)45-32-33-49-50-27-16-34-61-57(50)60(54(49)38-45)52-28-10-12-30-55(52)64(48-25-8-3-9-26-48)56-31-13-11-29-53(56)60/h1-21,23-39,43,59H,22H2/p+1. The summed E-state index contributed by atoms with van der Waals surface area (Å²) in [5.41, 5.74) is 20.1. The Kier molecular flexibility index (Phi) is 8.29. The molecule has 0 radical (unpaired) electrons. The molecule has 64 heavy (non-hydrogen) atoms. The predicted octanol–water partition coefficient (Wildman–Crippen LogP) is 13.2. The molecule has 4 nitrogen and oxygen atoms in total. The van der Waals surface area contributed by atoms with E-state index in [-0.39, 0.29) is 12.1 Å². The third kappa shape index (κ3) is 5.49. The summed E-state index contributed by atoms with van der Waals surface area (Å²) in [6.07, 6.45) is 14.8. The molecule has 2 aliphatic carbocycles. The Hall–Kier alpha value is -8.08. The fourth-order valence-electron chi connectivity index (χ4n) is 11.0. The van der Waals surface area contributed by atoms with Gasteiger partial charge in [-0.25, -0.2) is 5.32 Å². The first-order chi connectivity index (χ1) is 31.7. The van der Waals surface area contributed by atoms with Gasteiger partial charge in [0.2, 0.25) is 0 Å². The van der Waals surface area contributed by atoms with Crippen LogP contribution < -0.4 is 10.2 Å². The van der Waals surface area contributed by atoms with E-state index in [0.717, 1.165) is 23.6 Å². The number of pyridine rings is 1. The molecule has 7 aromatic carbocycles. The van der Waals surface area contributed by atoms with E-state index in [0.29, 0.717) is 0 Å². The first-order valence-electron chi connectivity index (χ1n) is 22.3. The molecule has 4 heteroatoms. The summed E-state index contributed by atoms with van der Waals surface area (Å²) in [5.74, 6) is 1.32. The third-order valence-corrected chi connectivity index (χ3v) is 13.9. The van der Waals surface area contributed by atoms with Gasteiger partial charge in [-0.1, -0.05) is 170 Å².